The molecule has 6 nitrogen and oxygen atoms in total. The third kappa shape index (κ3) is 3.30. The summed E-state index contributed by atoms with van der Waals surface area (Å²) in [6.07, 6.45) is 1.56. The molecule has 0 aliphatic heterocycles. The predicted octanol–water partition coefficient (Wildman–Crippen LogP) is 7.45. The molecule has 4 aromatic carbocycles. The van der Waals surface area contributed by atoms with Gasteiger partial charge in [0.05, 0.1) is 12.1 Å². The fourth-order valence-electron chi connectivity index (χ4n) is 4.95. The maximum absolute atomic E-state index is 13.4. The molecule has 0 radical (unpaired) electrons. The fourth-order valence-corrected chi connectivity index (χ4v) is 4.95. The van der Waals surface area contributed by atoms with Gasteiger partial charge in [0.25, 0.3) is 0 Å². The number of para-hydroxylation sites is 1. The van der Waals surface area contributed by atoms with Crippen molar-refractivity contribution < 1.29 is 14.0 Å². The Morgan fingerprint density at radius 1 is 0.789 bits per heavy atom. The Morgan fingerprint density at radius 3 is 2.05 bits per heavy atom. The van der Waals surface area contributed by atoms with Crippen LogP contribution in [0.25, 0.3) is 49.9 Å². The quantitative estimate of drug-likeness (QED) is 0.146. The van der Waals surface area contributed by atoms with Gasteiger partial charge in [-0.3, -0.25) is 14.2 Å². The first kappa shape index (κ1) is 21.7. The van der Waals surface area contributed by atoms with Crippen LogP contribution in [0.5, 0.6) is 0 Å². The van der Waals surface area contributed by atoms with Crippen molar-refractivity contribution in [2.24, 2.45) is 0 Å². The average Bonchev–Trinajstić information content (AvgIpc) is 3.59. The molecule has 1 aliphatic rings. The zero-order chi connectivity index (χ0) is 25.8. The number of benzene rings is 4. The Kier molecular flexibility index (Phi) is 4.72. The second-order valence-corrected chi connectivity index (χ2v) is 9.06. The number of nitrogens with zero attached hydrogens (tertiary/aromatic N) is 3. The van der Waals surface area contributed by atoms with Crippen LogP contribution in [0.2, 0.25) is 0 Å². The van der Waals surface area contributed by atoms with E-state index in [0.29, 0.717) is 39.6 Å². The van der Waals surface area contributed by atoms with Crippen LogP contribution < -0.4 is 0 Å². The lowest BCUT2D eigenvalue weighted by molar-refractivity contribution is 0.0990. The number of fused-ring (bicyclic) bond motifs is 3. The van der Waals surface area contributed by atoms with Gasteiger partial charge in [0.15, 0.2) is 17.3 Å². The van der Waals surface area contributed by atoms with Crippen LogP contribution in [0, 0.1) is 6.57 Å². The number of Topliss-reactive ketones (excluding diaryl/α,β-unsaturated/α-hetero) is 2. The van der Waals surface area contributed by atoms with E-state index in [0.717, 1.165) is 22.0 Å². The summed E-state index contributed by atoms with van der Waals surface area (Å²) in [4.78, 5) is 34.9. The van der Waals surface area contributed by atoms with E-state index < -0.39 is 0 Å². The van der Waals surface area contributed by atoms with E-state index in [2.05, 4.69) is 9.83 Å². The summed E-state index contributed by atoms with van der Waals surface area (Å²) in [6, 6.07) is 29.9. The average molecular weight is 492 g/mol. The molecular weight excluding hydrogens is 474 g/mol. The first-order valence-electron chi connectivity index (χ1n) is 12.0. The molecule has 0 fully saturated rings. The molecule has 0 bridgehead atoms. The molecule has 2 aromatic heterocycles. The van der Waals surface area contributed by atoms with E-state index in [1.807, 2.05) is 77.4 Å². The first-order valence-corrected chi connectivity index (χ1v) is 12.0. The van der Waals surface area contributed by atoms with Gasteiger partial charge in [0, 0.05) is 28.4 Å². The van der Waals surface area contributed by atoms with E-state index in [1.54, 1.807) is 30.3 Å². The highest BCUT2D eigenvalue weighted by atomic mass is 16.3. The first-order chi connectivity index (χ1) is 18.6. The number of allylic oxidation sites excluding steroid dienone is 1. The smallest absolute Gasteiger partial charge is 0.246 e. The normalized spacial score (nSPS) is 12.8. The molecule has 0 unspecified atom stereocenters. The van der Waals surface area contributed by atoms with Gasteiger partial charge < -0.3 is 4.42 Å². The maximum Gasteiger partial charge on any atom is 0.246 e. The summed E-state index contributed by atoms with van der Waals surface area (Å²) in [5.41, 5.74) is 4.16. The van der Waals surface area contributed by atoms with Crippen molar-refractivity contribution in [2.45, 2.75) is 0 Å². The molecular formula is C32H17N3O3. The Balaban J connectivity index is 1.38. The minimum atomic E-state index is -0.310. The standard InChI is InChI=1S/C32H17N3O3/c1-33-22-13-11-19(12-14-22)28-18-27-32(38-28)34-29(35(27)23-9-3-2-4-10-23)17-26-30(36)24-15-20-7-5-6-8-21(20)16-25(24)31(26)37/h2-18H. The van der Waals surface area contributed by atoms with E-state index in [1.165, 1.54) is 0 Å². The number of imidazole rings is 1. The van der Waals surface area contributed by atoms with Crippen LogP contribution in [-0.2, 0) is 0 Å². The van der Waals surface area contributed by atoms with Crippen molar-refractivity contribution in [3.8, 4) is 17.0 Å². The fraction of sp³-hybridized carbons (Fsp3) is 0. The third-order valence-electron chi connectivity index (χ3n) is 6.81. The molecule has 7 rings (SSSR count). The van der Waals surface area contributed by atoms with Crippen LogP contribution in [0.15, 0.2) is 107 Å². The summed E-state index contributed by atoms with van der Waals surface area (Å²) < 4.78 is 7.97. The molecule has 38 heavy (non-hydrogen) atoms. The summed E-state index contributed by atoms with van der Waals surface area (Å²) in [5, 5.41) is 1.82. The van der Waals surface area contributed by atoms with Crippen molar-refractivity contribution in [3.05, 3.63) is 131 Å². The molecule has 0 saturated carbocycles. The molecule has 0 atom stereocenters. The highest BCUT2D eigenvalue weighted by Gasteiger charge is 2.34. The van der Waals surface area contributed by atoms with Gasteiger partial charge in [0.2, 0.25) is 5.71 Å². The molecule has 2 heterocycles. The summed E-state index contributed by atoms with van der Waals surface area (Å²) in [5.74, 6) is 0.412. The predicted molar refractivity (Wildman–Crippen MR) is 146 cm³/mol. The molecule has 178 valence electrons. The number of hydrogen-bond acceptors (Lipinski definition) is 4. The van der Waals surface area contributed by atoms with E-state index >= 15 is 0 Å². The van der Waals surface area contributed by atoms with E-state index in [4.69, 9.17) is 11.0 Å². The number of carbonyl (C=O) groups is 2. The van der Waals surface area contributed by atoms with Gasteiger partial charge in [-0.25, -0.2) is 4.85 Å². The number of furan rings is 1. The lowest BCUT2D eigenvalue weighted by Gasteiger charge is -2.06. The second kappa shape index (κ2) is 8.26. The number of rotatable bonds is 3. The van der Waals surface area contributed by atoms with Crippen LogP contribution in [0.1, 0.15) is 26.5 Å². The van der Waals surface area contributed by atoms with E-state index in [-0.39, 0.29) is 17.1 Å². The summed E-state index contributed by atoms with van der Waals surface area (Å²) in [7, 11) is 0. The highest BCUT2D eigenvalue weighted by Crippen LogP contribution is 2.35. The van der Waals surface area contributed by atoms with Gasteiger partial charge in [-0.05, 0) is 41.1 Å². The lowest BCUT2D eigenvalue weighted by Crippen LogP contribution is -2.03. The molecule has 0 amide bonds. The molecule has 0 saturated heterocycles. The second-order valence-electron chi connectivity index (χ2n) is 9.06. The van der Waals surface area contributed by atoms with Crippen LogP contribution >= 0.6 is 0 Å². The molecule has 6 aromatic rings. The Morgan fingerprint density at radius 2 is 1.42 bits per heavy atom. The van der Waals surface area contributed by atoms with Crippen LogP contribution in [0.4, 0.5) is 5.69 Å². The van der Waals surface area contributed by atoms with E-state index in [9.17, 15) is 9.59 Å². The number of ketones is 2. The Labute approximate surface area is 216 Å². The minimum Gasteiger partial charge on any atom is -0.436 e. The van der Waals surface area contributed by atoms with Gasteiger partial charge in [-0.2, -0.15) is 4.98 Å². The molecule has 1 aliphatic carbocycles. The van der Waals surface area contributed by atoms with Crippen LogP contribution in [0.3, 0.4) is 0 Å². The maximum atomic E-state index is 13.4. The van der Waals surface area contributed by atoms with Gasteiger partial charge in [-0.1, -0.05) is 66.7 Å². The third-order valence-corrected chi connectivity index (χ3v) is 6.81. The topological polar surface area (TPSA) is 69.5 Å². The summed E-state index contributed by atoms with van der Waals surface area (Å²) in [6.45, 7) is 7.16. The number of hydrogen-bond donors (Lipinski definition) is 0. The largest absolute Gasteiger partial charge is 0.436 e. The van der Waals surface area contributed by atoms with Gasteiger partial charge >= 0.3 is 0 Å². The lowest BCUT2D eigenvalue weighted by atomic mass is 10.0. The Hall–Kier alpha value is -5.54. The van der Waals surface area contributed by atoms with Gasteiger partial charge in [0.1, 0.15) is 17.1 Å². The van der Waals surface area contributed by atoms with Crippen molar-refractivity contribution >= 4 is 45.3 Å². The summed E-state index contributed by atoms with van der Waals surface area (Å²) >= 11 is 0. The van der Waals surface area contributed by atoms with Crippen molar-refractivity contribution in [1.82, 2.24) is 9.55 Å². The Bertz CT molecular complexity index is 1950. The SMILES string of the molecule is [C-]#[N+]c1ccc(-c2cc3c(nc(C=C4C(=O)c5cc6ccccc6cc5C4=O)n3-c3ccccc3)o2)cc1. The number of aromatic nitrogens is 2. The molecule has 0 spiro atoms. The number of carbonyl (C=O) groups excluding carboxylic acids is 2. The van der Waals surface area contributed by atoms with Gasteiger partial charge in [-0.15, -0.1) is 0 Å². The van der Waals surface area contributed by atoms with Crippen molar-refractivity contribution in [1.29, 1.82) is 0 Å². The monoisotopic (exact) mass is 491 g/mol. The zero-order valence-electron chi connectivity index (χ0n) is 19.9. The zero-order valence-corrected chi connectivity index (χ0v) is 19.9. The highest BCUT2D eigenvalue weighted by molar-refractivity contribution is 6.42. The van der Waals surface area contributed by atoms with Crippen LogP contribution in [-0.4, -0.2) is 21.1 Å². The van der Waals surface area contributed by atoms with Crippen molar-refractivity contribution in [2.75, 3.05) is 0 Å². The van der Waals surface area contributed by atoms with Crippen molar-refractivity contribution in [3.63, 3.8) is 0 Å². The minimum absolute atomic E-state index is 0.0788. The molecule has 6 heteroatoms. The molecule has 0 N–H and O–H groups in total.